The fraction of sp³-hybridized carbons (Fsp3) is 0.562. The molecule has 0 aliphatic rings. The predicted molar refractivity (Wildman–Crippen MR) is 82.0 cm³/mol. The van der Waals surface area contributed by atoms with E-state index >= 15 is 0 Å². The van der Waals surface area contributed by atoms with Gasteiger partial charge < -0.3 is 5.32 Å². The number of hydrogen-bond donors (Lipinski definition) is 1. The summed E-state index contributed by atoms with van der Waals surface area (Å²) in [6.07, 6.45) is 5.09. The molecule has 0 aromatic carbocycles. The minimum atomic E-state index is 0.507. The minimum Gasteiger partial charge on any atom is -0.310 e. The first kappa shape index (κ1) is 15.9. The van der Waals surface area contributed by atoms with Crippen LogP contribution in [-0.2, 0) is 13.1 Å². The molecule has 0 bridgehead atoms. The van der Waals surface area contributed by atoms with Gasteiger partial charge in [-0.3, -0.25) is 9.88 Å². The highest BCUT2D eigenvalue weighted by molar-refractivity contribution is 5.14. The third kappa shape index (κ3) is 6.50. The van der Waals surface area contributed by atoms with Crippen LogP contribution in [0.5, 0.6) is 0 Å². The lowest BCUT2D eigenvalue weighted by Crippen LogP contribution is -2.25. The van der Waals surface area contributed by atoms with Crippen molar-refractivity contribution in [3.8, 4) is 0 Å². The third-order valence-corrected chi connectivity index (χ3v) is 2.91. The van der Waals surface area contributed by atoms with Crippen LogP contribution in [0.2, 0.25) is 0 Å². The van der Waals surface area contributed by atoms with E-state index in [0.717, 1.165) is 38.3 Å². The summed E-state index contributed by atoms with van der Waals surface area (Å²) in [5.74, 6) is 0. The molecule has 0 unspecified atom stereocenters. The van der Waals surface area contributed by atoms with Crippen molar-refractivity contribution in [1.82, 2.24) is 15.2 Å². The van der Waals surface area contributed by atoms with Gasteiger partial charge in [-0.2, -0.15) is 0 Å². The summed E-state index contributed by atoms with van der Waals surface area (Å²) in [5.41, 5.74) is 2.37. The van der Waals surface area contributed by atoms with Gasteiger partial charge in [0.05, 0.1) is 5.69 Å². The zero-order valence-electron chi connectivity index (χ0n) is 12.5. The molecule has 0 spiro atoms. The number of pyridine rings is 1. The molecule has 0 amide bonds. The standard InChI is InChI=1S/C16H27N3/c1-5-9-19(10-6-2)13-16-8-7-15(12-18-16)11-17-14(3)4/h5,7-8,12,14,17H,1,6,9-11,13H2,2-4H3. The Labute approximate surface area is 117 Å². The second kappa shape index (κ2) is 8.83. The molecule has 106 valence electrons. The SMILES string of the molecule is C=CCN(CCC)Cc1ccc(CNC(C)C)cn1. The van der Waals surface area contributed by atoms with Gasteiger partial charge in [0.2, 0.25) is 0 Å². The Hall–Kier alpha value is -1.19. The van der Waals surface area contributed by atoms with Crippen LogP contribution in [0.15, 0.2) is 31.0 Å². The largest absolute Gasteiger partial charge is 0.310 e. The van der Waals surface area contributed by atoms with Gasteiger partial charge in [0.1, 0.15) is 0 Å². The van der Waals surface area contributed by atoms with E-state index in [0.29, 0.717) is 6.04 Å². The van der Waals surface area contributed by atoms with E-state index in [1.165, 1.54) is 5.56 Å². The molecule has 19 heavy (non-hydrogen) atoms. The number of nitrogens with zero attached hydrogens (tertiary/aromatic N) is 2. The number of rotatable bonds is 9. The smallest absolute Gasteiger partial charge is 0.0544 e. The van der Waals surface area contributed by atoms with E-state index in [4.69, 9.17) is 0 Å². The minimum absolute atomic E-state index is 0.507. The van der Waals surface area contributed by atoms with Gasteiger partial charge in [-0.1, -0.05) is 32.9 Å². The van der Waals surface area contributed by atoms with E-state index < -0.39 is 0 Å². The average Bonchev–Trinajstić information content (AvgIpc) is 2.38. The predicted octanol–water partition coefficient (Wildman–Crippen LogP) is 2.98. The molecule has 1 N–H and O–H groups in total. The fourth-order valence-electron chi connectivity index (χ4n) is 1.94. The second-order valence-electron chi connectivity index (χ2n) is 5.22. The Balaban J connectivity index is 2.52. The van der Waals surface area contributed by atoms with Crippen molar-refractivity contribution in [2.24, 2.45) is 0 Å². The van der Waals surface area contributed by atoms with E-state index in [-0.39, 0.29) is 0 Å². The van der Waals surface area contributed by atoms with Crippen molar-refractivity contribution in [1.29, 1.82) is 0 Å². The van der Waals surface area contributed by atoms with E-state index in [1.807, 2.05) is 12.3 Å². The van der Waals surface area contributed by atoms with Gasteiger partial charge in [0.25, 0.3) is 0 Å². The first-order chi connectivity index (χ1) is 9.15. The lowest BCUT2D eigenvalue weighted by atomic mass is 10.2. The monoisotopic (exact) mass is 261 g/mol. The highest BCUT2D eigenvalue weighted by atomic mass is 15.1. The average molecular weight is 261 g/mol. The zero-order valence-corrected chi connectivity index (χ0v) is 12.5. The Morgan fingerprint density at radius 3 is 2.74 bits per heavy atom. The first-order valence-corrected chi connectivity index (χ1v) is 7.16. The summed E-state index contributed by atoms with van der Waals surface area (Å²) < 4.78 is 0. The van der Waals surface area contributed by atoms with E-state index in [9.17, 15) is 0 Å². The van der Waals surface area contributed by atoms with Crippen LogP contribution >= 0.6 is 0 Å². The van der Waals surface area contributed by atoms with Crippen LogP contribution in [0.3, 0.4) is 0 Å². The molecule has 0 radical (unpaired) electrons. The quantitative estimate of drug-likeness (QED) is 0.693. The number of nitrogens with one attached hydrogen (secondary N) is 1. The molecule has 0 saturated carbocycles. The molecule has 0 aliphatic heterocycles. The van der Waals surface area contributed by atoms with E-state index in [2.05, 4.69) is 54.7 Å². The highest BCUT2D eigenvalue weighted by Crippen LogP contribution is 2.05. The van der Waals surface area contributed by atoms with Crippen LogP contribution in [0, 0.1) is 0 Å². The molecule has 1 rings (SSSR count). The van der Waals surface area contributed by atoms with Gasteiger partial charge in [0, 0.05) is 31.9 Å². The lowest BCUT2D eigenvalue weighted by molar-refractivity contribution is 0.291. The maximum atomic E-state index is 4.54. The van der Waals surface area contributed by atoms with Gasteiger partial charge >= 0.3 is 0 Å². The summed E-state index contributed by atoms with van der Waals surface area (Å²) >= 11 is 0. The summed E-state index contributed by atoms with van der Waals surface area (Å²) in [5, 5.41) is 3.40. The first-order valence-electron chi connectivity index (χ1n) is 7.16. The highest BCUT2D eigenvalue weighted by Gasteiger charge is 2.04. The maximum Gasteiger partial charge on any atom is 0.0544 e. The maximum absolute atomic E-state index is 4.54. The molecule has 1 heterocycles. The van der Waals surface area contributed by atoms with Crippen LogP contribution in [0.1, 0.15) is 38.4 Å². The van der Waals surface area contributed by atoms with Crippen LogP contribution in [0.25, 0.3) is 0 Å². The number of aromatic nitrogens is 1. The topological polar surface area (TPSA) is 28.2 Å². The summed E-state index contributed by atoms with van der Waals surface area (Å²) in [4.78, 5) is 6.91. The van der Waals surface area contributed by atoms with Gasteiger partial charge in [-0.25, -0.2) is 0 Å². The summed E-state index contributed by atoms with van der Waals surface area (Å²) in [6, 6.07) is 4.80. The Morgan fingerprint density at radius 2 is 2.21 bits per heavy atom. The second-order valence-corrected chi connectivity index (χ2v) is 5.22. The molecule has 0 fully saturated rings. The van der Waals surface area contributed by atoms with Crippen molar-refractivity contribution >= 4 is 0 Å². The molecule has 3 heteroatoms. The molecule has 0 aliphatic carbocycles. The molecular weight excluding hydrogens is 234 g/mol. The van der Waals surface area contributed by atoms with Crippen LogP contribution < -0.4 is 5.32 Å². The summed E-state index contributed by atoms with van der Waals surface area (Å²) in [6.45, 7) is 14.1. The van der Waals surface area contributed by atoms with Gasteiger partial charge in [-0.15, -0.1) is 6.58 Å². The van der Waals surface area contributed by atoms with Gasteiger partial charge in [-0.05, 0) is 24.6 Å². The molecular formula is C16H27N3. The lowest BCUT2D eigenvalue weighted by Gasteiger charge is -2.19. The molecule has 0 atom stereocenters. The zero-order chi connectivity index (χ0) is 14.1. The Bertz CT molecular complexity index is 357. The Morgan fingerprint density at radius 1 is 1.42 bits per heavy atom. The molecule has 1 aromatic heterocycles. The van der Waals surface area contributed by atoms with Crippen molar-refractivity contribution in [2.45, 2.75) is 46.3 Å². The molecule has 0 saturated heterocycles. The number of hydrogen-bond acceptors (Lipinski definition) is 3. The summed E-state index contributed by atoms with van der Waals surface area (Å²) in [7, 11) is 0. The van der Waals surface area contributed by atoms with Crippen molar-refractivity contribution in [2.75, 3.05) is 13.1 Å². The van der Waals surface area contributed by atoms with Gasteiger partial charge in [0.15, 0.2) is 0 Å². The van der Waals surface area contributed by atoms with Crippen LogP contribution in [-0.4, -0.2) is 29.0 Å². The molecule has 1 aromatic rings. The van der Waals surface area contributed by atoms with Crippen molar-refractivity contribution in [3.05, 3.63) is 42.2 Å². The normalized spacial score (nSPS) is 11.2. The van der Waals surface area contributed by atoms with Crippen molar-refractivity contribution < 1.29 is 0 Å². The van der Waals surface area contributed by atoms with Crippen molar-refractivity contribution in [3.63, 3.8) is 0 Å². The fourth-order valence-corrected chi connectivity index (χ4v) is 1.94. The molecule has 3 nitrogen and oxygen atoms in total. The van der Waals surface area contributed by atoms with E-state index in [1.54, 1.807) is 0 Å². The Kier molecular flexibility index (Phi) is 7.38. The van der Waals surface area contributed by atoms with Crippen LogP contribution in [0.4, 0.5) is 0 Å². The third-order valence-electron chi connectivity index (χ3n) is 2.91.